The predicted molar refractivity (Wildman–Crippen MR) is 247 cm³/mol. The second-order valence-electron chi connectivity index (χ2n) is 16.9. The molecule has 6 atom stereocenters. The zero-order chi connectivity index (χ0) is 43.6. The van der Waals surface area contributed by atoms with Crippen LogP contribution in [-0.2, 0) is 23.7 Å². The van der Waals surface area contributed by atoms with Gasteiger partial charge in [0.25, 0.3) is 0 Å². The first kappa shape index (κ1) is 56.2. The maximum atomic E-state index is 12.8. The minimum absolute atomic E-state index is 0.120. The summed E-state index contributed by atoms with van der Waals surface area (Å²) in [5, 5.41) is 40.2. The van der Waals surface area contributed by atoms with Crippen molar-refractivity contribution in [2.75, 3.05) is 26.4 Å². The molecule has 0 aromatic carbocycles. The number of esters is 1. The number of allylic oxidation sites excluding steroid dienone is 8. The Hall–Kier alpha value is -1.85. The van der Waals surface area contributed by atoms with E-state index in [2.05, 4.69) is 62.5 Å². The van der Waals surface area contributed by atoms with Gasteiger partial charge < -0.3 is 39.4 Å². The van der Waals surface area contributed by atoms with Crippen molar-refractivity contribution in [2.24, 2.45) is 0 Å². The van der Waals surface area contributed by atoms with Gasteiger partial charge >= 0.3 is 5.97 Å². The standard InChI is InChI=1S/C51H92O9/c1-3-5-7-9-11-13-15-17-18-19-20-21-22-23-24-25-26-27-29-31-33-35-37-39-41-57-43-45(44-58-51-50(56)49(55)48(54)46(42-52)60-51)59-47(53)40-38-36-34-32-30-28-16-14-12-10-8-6-4-2/h8,10,14-17,19-20,45-46,48-52,54-56H,3-7,9,11-13,18,21-44H2,1-2H3/b10-8-,16-14-,17-15-,20-19-. The minimum atomic E-state index is -1.54. The van der Waals surface area contributed by atoms with Gasteiger partial charge in [0.05, 0.1) is 19.8 Å². The van der Waals surface area contributed by atoms with Gasteiger partial charge in [-0.2, -0.15) is 0 Å². The molecule has 0 bridgehead atoms. The number of rotatable bonds is 42. The highest BCUT2D eigenvalue weighted by Gasteiger charge is 2.44. The third-order valence-electron chi connectivity index (χ3n) is 11.2. The summed E-state index contributed by atoms with van der Waals surface area (Å²) in [6.07, 6.45) is 45.8. The number of carbonyl (C=O) groups is 1. The third kappa shape index (κ3) is 32.8. The van der Waals surface area contributed by atoms with Gasteiger partial charge in [-0.25, -0.2) is 0 Å². The highest BCUT2D eigenvalue weighted by molar-refractivity contribution is 5.69. The van der Waals surface area contributed by atoms with Crippen LogP contribution in [0.2, 0.25) is 0 Å². The maximum absolute atomic E-state index is 12.8. The lowest BCUT2D eigenvalue weighted by Crippen LogP contribution is -2.59. The van der Waals surface area contributed by atoms with Crippen molar-refractivity contribution in [2.45, 2.75) is 243 Å². The number of carbonyl (C=O) groups excluding carboxylic acids is 1. The van der Waals surface area contributed by atoms with Gasteiger partial charge in [0.15, 0.2) is 6.29 Å². The van der Waals surface area contributed by atoms with E-state index in [1.165, 1.54) is 116 Å². The Morgan fingerprint density at radius 3 is 1.50 bits per heavy atom. The molecule has 60 heavy (non-hydrogen) atoms. The zero-order valence-corrected chi connectivity index (χ0v) is 38.5. The summed E-state index contributed by atoms with van der Waals surface area (Å²) in [6, 6.07) is 0. The number of hydrogen-bond donors (Lipinski definition) is 4. The summed E-state index contributed by atoms with van der Waals surface area (Å²) in [5.74, 6) is -0.328. The second kappa shape index (κ2) is 42.5. The zero-order valence-electron chi connectivity index (χ0n) is 38.5. The molecule has 1 fully saturated rings. The van der Waals surface area contributed by atoms with Crippen molar-refractivity contribution >= 4 is 5.97 Å². The topological polar surface area (TPSA) is 135 Å². The maximum Gasteiger partial charge on any atom is 0.306 e. The normalized spacial score (nSPS) is 20.4. The van der Waals surface area contributed by atoms with E-state index in [1.807, 2.05) is 0 Å². The van der Waals surface area contributed by atoms with E-state index in [-0.39, 0.29) is 19.2 Å². The second-order valence-corrected chi connectivity index (χ2v) is 16.9. The lowest BCUT2D eigenvalue weighted by molar-refractivity contribution is -0.305. The van der Waals surface area contributed by atoms with Gasteiger partial charge in [0.2, 0.25) is 0 Å². The first-order valence-electron chi connectivity index (χ1n) is 24.7. The molecule has 1 aliphatic rings. The van der Waals surface area contributed by atoms with Crippen LogP contribution in [0.1, 0.15) is 206 Å². The third-order valence-corrected chi connectivity index (χ3v) is 11.2. The SMILES string of the molecule is CCC/C=C\C/C=C\CCCCCCCC(=O)OC(COCCCCCCCCCCCCCC/C=C\C/C=C\CCCCCCC)COC1OC(CO)C(O)C(O)C1O. The molecule has 0 spiro atoms. The van der Waals surface area contributed by atoms with Gasteiger partial charge in [-0.05, 0) is 70.6 Å². The van der Waals surface area contributed by atoms with E-state index in [1.54, 1.807) is 0 Å². The van der Waals surface area contributed by atoms with Crippen molar-refractivity contribution in [3.05, 3.63) is 48.6 Å². The van der Waals surface area contributed by atoms with Crippen LogP contribution >= 0.6 is 0 Å². The lowest BCUT2D eigenvalue weighted by atomic mass is 9.99. The number of aliphatic hydroxyl groups is 4. The Kier molecular flexibility index (Phi) is 39.7. The Morgan fingerprint density at radius 1 is 0.533 bits per heavy atom. The van der Waals surface area contributed by atoms with Crippen LogP contribution in [0.5, 0.6) is 0 Å². The molecule has 0 radical (unpaired) electrons. The van der Waals surface area contributed by atoms with Crippen molar-refractivity contribution in [3.8, 4) is 0 Å². The molecular weight excluding hydrogens is 757 g/mol. The molecule has 0 aromatic rings. The molecule has 0 saturated carbocycles. The van der Waals surface area contributed by atoms with Crippen LogP contribution in [0.4, 0.5) is 0 Å². The van der Waals surface area contributed by atoms with Gasteiger partial charge in [0.1, 0.15) is 30.5 Å². The number of aliphatic hydroxyl groups excluding tert-OH is 4. The summed E-state index contributed by atoms with van der Waals surface area (Å²) >= 11 is 0. The molecule has 4 N–H and O–H groups in total. The number of hydrogen-bond acceptors (Lipinski definition) is 9. The molecule has 1 heterocycles. The predicted octanol–water partition coefficient (Wildman–Crippen LogP) is 11.7. The smallest absolute Gasteiger partial charge is 0.306 e. The van der Waals surface area contributed by atoms with Crippen LogP contribution in [0, 0.1) is 0 Å². The average molecular weight is 849 g/mol. The van der Waals surface area contributed by atoms with E-state index in [0.29, 0.717) is 13.0 Å². The van der Waals surface area contributed by atoms with E-state index in [4.69, 9.17) is 18.9 Å². The van der Waals surface area contributed by atoms with Crippen molar-refractivity contribution < 1.29 is 44.2 Å². The summed E-state index contributed by atoms with van der Waals surface area (Å²) < 4.78 is 22.8. The van der Waals surface area contributed by atoms with E-state index >= 15 is 0 Å². The van der Waals surface area contributed by atoms with Gasteiger partial charge in [-0.15, -0.1) is 0 Å². The van der Waals surface area contributed by atoms with E-state index < -0.39 is 43.4 Å². The molecule has 0 aliphatic carbocycles. The Labute approximate surface area is 367 Å². The quantitative estimate of drug-likeness (QED) is 0.0269. The summed E-state index contributed by atoms with van der Waals surface area (Å²) in [6.45, 7) is 4.47. The molecule has 1 rings (SSSR count). The highest BCUT2D eigenvalue weighted by Crippen LogP contribution is 2.23. The van der Waals surface area contributed by atoms with Crippen LogP contribution in [-0.4, -0.2) is 89.6 Å². The monoisotopic (exact) mass is 849 g/mol. The Balaban J connectivity index is 2.18. The molecular formula is C51H92O9. The molecule has 9 heteroatoms. The number of unbranched alkanes of at least 4 members (excludes halogenated alkanes) is 23. The molecule has 0 amide bonds. The van der Waals surface area contributed by atoms with E-state index in [0.717, 1.165) is 70.6 Å². The van der Waals surface area contributed by atoms with Crippen molar-refractivity contribution in [1.29, 1.82) is 0 Å². The molecule has 350 valence electrons. The van der Waals surface area contributed by atoms with Gasteiger partial charge in [0, 0.05) is 13.0 Å². The summed E-state index contributed by atoms with van der Waals surface area (Å²) in [4.78, 5) is 12.8. The summed E-state index contributed by atoms with van der Waals surface area (Å²) in [5.41, 5.74) is 0. The molecule has 6 unspecified atom stereocenters. The molecule has 1 saturated heterocycles. The lowest BCUT2D eigenvalue weighted by Gasteiger charge is -2.39. The van der Waals surface area contributed by atoms with Gasteiger partial charge in [-0.3, -0.25) is 4.79 Å². The van der Waals surface area contributed by atoms with E-state index in [9.17, 15) is 25.2 Å². The highest BCUT2D eigenvalue weighted by atomic mass is 16.7. The van der Waals surface area contributed by atoms with Crippen molar-refractivity contribution in [1.82, 2.24) is 0 Å². The molecule has 0 aromatic heterocycles. The minimum Gasteiger partial charge on any atom is -0.457 e. The Bertz CT molecular complexity index is 1060. The molecule has 1 aliphatic heterocycles. The van der Waals surface area contributed by atoms with Crippen molar-refractivity contribution in [3.63, 3.8) is 0 Å². The first-order chi connectivity index (χ1) is 29.4. The Morgan fingerprint density at radius 2 is 1.00 bits per heavy atom. The largest absolute Gasteiger partial charge is 0.457 e. The molecule has 9 nitrogen and oxygen atoms in total. The summed E-state index contributed by atoms with van der Waals surface area (Å²) in [7, 11) is 0. The van der Waals surface area contributed by atoms with Crippen LogP contribution in [0.3, 0.4) is 0 Å². The van der Waals surface area contributed by atoms with Crippen LogP contribution in [0.25, 0.3) is 0 Å². The van der Waals surface area contributed by atoms with Crippen LogP contribution in [0.15, 0.2) is 48.6 Å². The average Bonchev–Trinajstić information content (AvgIpc) is 3.25. The fourth-order valence-corrected chi connectivity index (χ4v) is 7.32. The fourth-order valence-electron chi connectivity index (χ4n) is 7.32. The van der Waals surface area contributed by atoms with Gasteiger partial charge in [-0.1, -0.05) is 178 Å². The first-order valence-corrected chi connectivity index (χ1v) is 24.7. The van der Waals surface area contributed by atoms with Crippen LogP contribution < -0.4 is 0 Å². The number of ether oxygens (including phenoxy) is 4. The fraction of sp³-hybridized carbons (Fsp3) is 0.824.